The number of hydrogen-bond donors (Lipinski definition) is 2. The molecule has 0 spiro atoms. The minimum atomic E-state index is -0.397. The number of aromatic nitrogens is 1. The van der Waals surface area contributed by atoms with Crippen LogP contribution in [0, 0.1) is 5.82 Å². The fourth-order valence-electron chi connectivity index (χ4n) is 2.32. The molecule has 1 aromatic heterocycles. The van der Waals surface area contributed by atoms with E-state index in [4.69, 9.17) is 11.6 Å². The van der Waals surface area contributed by atoms with Gasteiger partial charge in [-0.2, -0.15) is 0 Å². The van der Waals surface area contributed by atoms with Crippen molar-refractivity contribution in [2.45, 2.75) is 6.54 Å². The lowest BCUT2D eigenvalue weighted by atomic mass is 10.1. The van der Waals surface area contributed by atoms with Gasteiger partial charge >= 0.3 is 0 Å². The molecule has 0 fully saturated rings. The summed E-state index contributed by atoms with van der Waals surface area (Å²) in [5.74, 6) is -0.990. The number of carbonyl (C=O) groups is 2. The Morgan fingerprint density at radius 1 is 0.963 bits per heavy atom. The SMILES string of the molecule is O=C(NCc1ccc(F)cc1)c1ccc(NC(=O)c2cc(Cl)ccn2)cc1. The minimum absolute atomic E-state index is 0.198. The van der Waals surface area contributed by atoms with E-state index in [1.807, 2.05) is 0 Å². The molecule has 0 aliphatic heterocycles. The van der Waals surface area contributed by atoms with Crippen molar-refractivity contribution in [1.82, 2.24) is 10.3 Å². The highest BCUT2D eigenvalue weighted by molar-refractivity contribution is 6.30. The van der Waals surface area contributed by atoms with Crippen LogP contribution >= 0.6 is 11.6 Å². The molecular weight excluding hydrogens is 369 g/mol. The van der Waals surface area contributed by atoms with Crippen LogP contribution in [0.3, 0.4) is 0 Å². The molecule has 136 valence electrons. The van der Waals surface area contributed by atoms with Crippen molar-refractivity contribution in [2.24, 2.45) is 0 Å². The van der Waals surface area contributed by atoms with Gasteiger partial charge in [0.25, 0.3) is 11.8 Å². The smallest absolute Gasteiger partial charge is 0.274 e. The third-order valence-corrected chi connectivity index (χ3v) is 3.96. The Kier molecular flexibility index (Phi) is 5.78. The predicted molar refractivity (Wildman–Crippen MR) is 101 cm³/mol. The molecule has 0 saturated carbocycles. The zero-order valence-corrected chi connectivity index (χ0v) is 14.8. The fraction of sp³-hybridized carbons (Fsp3) is 0.0500. The number of benzene rings is 2. The number of halogens is 2. The van der Waals surface area contributed by atoms with E-state index >= 15 is 0 Å². The van der Waals surface area contributed by atoms with Crippen LogP contribution in [0.15, 0.2) is 66.9 Å². The molecule has 3 aromatic rings. The van der Waals surface area contributed by atoms with E-state index in [-0.39, 0.29) is 24.0 Å². The van der Waals surface area contributed by atoms with Crippen LogP contribution in [-0.4, -0.2) is 16.8 Å². The van der Waals surface area contributed by atoms with Crippen molar-refractivity contribution in [3.63, 3.8) is 0 Å². The van der Waals surface area contributed by atoms with Gasteiger partial charge in [-0.3, -0.25) is 14.6 Å². The molecule has 0 saturated heterocycles. The van der Waals surface area contributed by atoms with Crippen LogP contribution in [-0.2, 0) is 6.54 Å². The van der Waals surface area contributed by atoms with Crippen molar-refractivity contribution >= 4 is 29.1 Å². The summed E-state index contributed by atoms with van der Waals surface area (Å²) in [4.78, 5) is 28.3. The topological polar surface area (TPSA) is 71.1 Å². The van der Waals surface area contributed by atoms with Crippen LogP contribution in [0.25, 0.3) is 0 Å². The third-order valence-electron chi connectivity index (χ3n) is 3.73. The second kappa shape index (κ2) is 8.42. The highest BCUT2D eigenvalue weighted by atomic mass is 35.5. The van der Waals surface area contributed by atoms with E-state index in [1.165, 1.54) is 24.4 Å². The second-order valence-electron chi connectivity index (χ2n) is 5.70. The number of amides is 2. The minimum Gasteiger partial charge on any atom is -0.348 e. The molecule has 2 amide bonds. The highest BCUT2D eigenvalue weighted by Crippen LogP contribution is 2.13. The van der Waals surface area contributed by atoms with Crippen molar-refractivity contribution < 1.29 is 14.0 Å². The molecule has 0 aliphatic rings. The average Bonchev–Trinajstić information content (AvgIpc) is 2.68. The summed E-state index contributed by atoms with van der Waals surface area (Å²) in [6.45, 7) is 0.290. The standard InChI is InChI=1S/C20H15ClFN3O2/c21-15-9-10-23-18(11-15)20(27)25-17-7-3-14(4-8-17)19(26)24-12-13-1-5-16(22)6-2-13/h1-11H,12H2,(H,24,26)(H,25,27). The lowest BCUT2D eigenvalue weighted by Crippen LogP contribution is -2.22. The Balaban J connectivity index is 1.58. The zero-order valence-electron chi connectivity index (χ0n) is 14.1. The van der Waals surface area contributed by atoms with Gasteiger partial charge in [-0.05, 0) is 54.1 Å². The molecule has 2 N–H and O–H groups in total. The first-order valence-corrected chi connectivity index (χ1v) is 8.45. The summed E-state index contributed by atoms with van der Waals surface area (Å²) in [6, 6.07) is 15.4. The number of rotatable bonds is 5. The van der Waals surface area contributed by atoms with Crippen molar-refractivity contribution in [3.05, 3.63) is 94.5 Å². The number of nitrogens with one attached hydrogen (secondary N) is 2. The number of carbonyl (C=O) groups excluding carboxylic acids is 2. The molecule has 27 heavy (non-hydrogen) atoms. The average molecular weight is 384 g/mol. The van der Waals surface area contributed by atoms with Crippen LogP contribution in [0.5, 0.6) is 0 Å². The Morgan fingerprint density at radius 2 is 1.67 bits per heavy atom. The van der Waals surface area contributed by atoms with E-state index < -0.39 is 5.91 Å². The first kappa shape index (κ1) is 18.5. The second-order valence-corrected chi connectivity index (χ2v) is 6.14. The molecule has 0 bridgehead atoms. The Labute approximate surface area is 160 Å². The molecule has 0 atom stereocenters. The Bertz CT molecular complexity index is 960. The zero-order chi connectivity index (χ0) is 19.2. The van der Waals surface area contributed by atoms with Gasteiger partial charge in [-0.1, -0.05) is 23.7 Å². The first-order valence-electron chi connectivity index (χ1n) is 8.07. The Morgan fingerprint density at radius 3 is 2.33 bits per heavy atom. The van der Waals surface area contributed by atoms with E-state index in [9.17, 15) is 14.0 Å². The Hall–Kier alpha value is -3.25. The van der Waals surface area contributed by atoms with Gasteiger partial charge in [0.05, 0.1) is 0 Å². The lowest BCUT2D eigenvalue weighted by molar-refractivity contribution is 0.0950. The maximum atomic E-state index is 12.9. The maximum absolute atomic E-state index is 12.9. The van der Waals surface area contributed by atoms with Crippen molar-refractivity contribution in [2.75, 3.05) is 5.32 Å². The molecule has 3 rings (SSSR count). The molecule has 2 aromatic carbocycles. The molecular formula is C20H15ClFN3O2. The van der Waals surface area contributed by atoms with Crippen LogP contribution in [0.4, 0.5) is 10.1 Å². The summed E-state index contributed by atoms with van der Waals surface area (Å²) < 4.78 is 12.9. The third kappa shape index (κ3) is 5.12. The van der Waals surface area contributed by atoms with E-state index in [0.29, 0.717) is 16.3 Å². The number of nitrogens with zero attached hydrogens (tertiary/aromatic N) is 1. The van der Waals surface area contributed by atoms with Crippen LogP contribution in [0.2, 0.25) is 5.02 Å². The van der Waals surface area contributed by atoms with Crippen LogP contribution < -0.4 is 10.6 Å². The predicted octanol–water partition coefficient (Wildman–Crippen LogP) is 4.06. The largest absolute Gasteiger partial charge is 0.348 e. The summed E-state index contributed by atoms with van der Waals surface area (Å²) in [7, 11) is 0. The number of hydrogen-bond acceptors (Lipinski definition) is 3. The normalized spacial score (nSPS) is 10.3. The van der Waals surface area contributed by atoms with Crippen molar-refractivity contribution in [3.8, 4) is 0 Å². The summed E-state index contributed by atoms with van der Waals surface area (Å²) in [5.41, 5.74) is 1.96. The quantitative estimate of drug-likeness (QED) is 0.698. The fourth-order valence-corrected chi connectivity index (χ4v) is 2.48. The molecule has 5 nitrogen and oxygen atoms in total. The summed E-state index contributed by atoms with van der Waals surface area (Å²) in [6.07, 6.45) is 1.45. The van der Waals surface area contributed by atoms with E-state index in [1.54, 1.807) is 42.5 Å². The van der Waals surface area contributed by atoms with Gasteiger partial charge in [0.2, 0.25) is 0 Å². The number of pyridine rings is 1. The summed E-state index contributed by atoms with van der Waals surface area (Å²) in [5, 5.41) is 5.86. The van der Waals surface area contributed by atoms with Crippen molar-refractivity contribution in [1.29, 1.82) is 0 Å². The lowest BCUT2D eigenvalue weighted by Gasteiger charge is -2.08. The molecule has 0 aliphatic carbocycles. The highest BCUT2D eigenvalue weighted by Gasteiger charge is 2.10. The monoisotopic (exact) mass is 383 g/mol. The van der Waals surface area contributed by atoms with E-state index in [0.717, 1.165) is 5.56 Å². The molecule has 0 radical (unpaired) electrons. The molecule has 1 heterocycles. The van der Waals surface area contributed by atoms with Gasteiger partial charge in [-0.15, -0.1) is 0 Å². The maximum Gasteiger partial charge on any atom is 0.274 e. The van der Waals surface area contributed by atoms with Crippen LogP contribution in [0.1, 0.15) is 26.4 Å². The van der Waals surface area contributed by atoms with E-state index in [2.05, 4.69) is 15.6 Å². The summed E-state index contributed by atoms with van der Waals surface area (Å²) >= 11 is 5.85. The first-order chi connectivity index (χ1) is 13.0. The van der Waals surface area contributed by atoms with Gasteiger partial charge in [0.1, 0.15) is 11.5 Å². The van der Waals surface area contributed by atoms with Gasteiger partial charge < -0.3 is 10.6 Å². The van der Waals surface area contributed by atoms with Gasteiger partial charge in [0.15, 0.2) is 0 Å². The molecule has 0 unspecified atom stereocenters. The molecule has 7 heteroatoms. The van der Waals surface area contributed by atoms with Gasteiger partial charge in [0, 0.05) is 29.0 Å². The number of anilines is 1. The van der Waals surface area contributed by atoms with Gasteiger partial charge in [-0.25, -0.2) is 4.39 Å².